The second-order valence-electron chi connectivity index (χ2n) is 3.27. The van der Waals surface area contributed by atoms with Gasteiger partial charge < -0.3 is 10.2 Å². The van der Waals surface area contributed by atoms with Crippen LogP contribution in [0.5, 0.6) is 0 Å². The van der Waals surface area contributed by atoms with Crippen molar-refractivity contribution in [2.45, 2.75) is 32.4 Å². The van der Waals surface area contributed by atoms with E-state index in [0.717, 1.165) is 0 Å². The maximum Gasteiger partial charge on any atom is 0.323 e. The molecule has 0 rings (SSSR count). The van der Waals surface area contributed by atoms with Crippen molar-refractivity contribution in [3.63, 3.8) is 0 Å². The molecular formula is C10H19NO3. The highest BCUT2D eigenvalue weighted by Gasteiger charge is 2.28. The van der Waals surface area contributed by atoms with E-state index in [4.69, 9.17) is 5.11 Å². The first-order valence-electron chi connectivity index (χ1n) is 4.76. The SMILES string of the molecule is C/C=C/CN(C)[C@H](C(=O)O)[C@H](O)CC. The van der Waals surface area contributed by atoms with Crippen LogP contribution in [0, 0.1) is 0 Å². The molecule has 0 aliphatic heterocycles. The summed E-state index contributed by atoms with van der Waals surface area (Å²) in [6, 6.07) is -0.823. The topological polar surface area (TPSA) is 60.8 Å². The third-order valence-electron chi connectivity index (χ3n) is 2.14. The molecule has 0 radical (unpaired) electrons. The highest BCUT2D eigenvalue weighted by atomic mass is 16.4. The van der Waals surface area contributed by atoms with E-state index in [1.54, 1.807) is 18.9 Å². The minimum atomic E-state index is -0.980. The molecule has 0 amide bonds. The molecule has 82 valence electrons. The summed E-state index contributed by atoms with van der Waals surface area (Å²) >= 11 is 0. The minimum Gasteiger partial charge on any atom is -0.480 e. The molecule has 14 heavy (non-hydrogen) atoms. The Morgan fingerprint density at radius 3 is 2.50 bits per heavy atom. The third-order valence-corrected chi connectivity index (χ3v) is 2.14. The number of carboxylic acid groups (broad SMARTS) is 1. The van der Waals surface area contributed by atoms with Crippen LogP contribution in [-0.4, -0.2) is 46.8 Å². The summed E-state index contributed by atoms with van der Waals surface area (Å²) in [5, 5.41) is 18.4. The highest BCUT2D eigenvalue weighted by molar-refractivity contribution is 5.74. The van der Waals surface area contributed by atoms with E-state index in [1.165, 1.54) is 0 Å². The minimum absolute atomic E-state index is 0.442. The summed E-state index contributed by atoms with van der Waals surface area (Å²) in [6.45, 7) is 4.18. The first kappa shape index (κ1) is 13.1. The Balaban J connectivity index is 4.40. The summed E-state index contributed by atoms with van der Waals surface area (Å²) < 4.78 is 0. The molecule has 0 aromatic heterocycles. The van der Waals surface area contributed by atoms with Gasteiger partial charge in [-0.05, 0) is 20.4 Å². The zero-order valence-corrected chi connectivity index (χ0v) is 8.97. The molecule has 0 bridgehead atoms. The van der Waals surface area contributed by atoms with E-state index < -0.39 is 18.1 Å². The Hall–Kier alpha value is -0.870. The number of aliphatic hydroxyl groups is 1. The maximum atomic E-state index is 10.9. The Bertz CT molecular complexity index is 204. The van der Waals surface area contributed by atoms with Gasteiger partial charge in [-0.2, -0.15) is 0 Å². The van der Waals surface area contributed by atoms with Crippen molar-refractivity contribution in [3.8, 4) is 0 Å². The van der Waals surface area contributed by atoms with Crippen molar-refractivity contribution in [3.05, 3.63) is 12.2 Å². The van der Waals surface area contributed by atoms with Gasteiger partial charge in [0.2, 0.25) is 0 Å². The predicted octanol–water partition coefficient (Wildman–Crippen LogP) is 0.718. The van der Waals surface area contributed by atoms with Crippen molar-refractivity contribution in [1.82, 2.24) is 4.90 Å². The van der Waals surface area contributed by atoms with E-state index in [1.807, 2.05) is 19.1 Å². The van der Waals surface area contributed by atoms with Crippen LogP contribution in [0.4, 0.5) is 0 Å². The Labute approximate surface area is 84.8 Å². The summed E-state index contributed by atoms with van der Waals surface area (Å²) in [4.78, 5) is 12.5. The number of allylic oxidation sites excluding steroid dienone is 1. The van der Waals surface area contributed by atoms with Crippen molar-refractivity contribution >= 4 is 5.97 Å². The number of likely N-dealkylation sites (N-methyl/N-ethyl adjacent to an activating group) is 1. The van der Waals surface area contributed by atoms with Gasteiger partial charge in [0.05, 0.1) is 6.10 Å². The van der Waals surface area contributed by atoms with Crippen LogP contribution in [0.3, 0.4) is 0 Å². The third kappa shape index (κ3) is 3.89. The molecule has 0 saturated carbocycles. The smallest absolute Gasteiger partial charge is 0.323 e. The van der Waals surface area contributed by atoms with Gasteiger partial charge in [-0.15, -0.1) is 0 Å². The van der Waals surface area contributed by atoms with Crippen LogP contribution in [-0.2, 0) is 4.79 Å². The van der Waals surface area contributed by atoms with Crippen LogP contribution in [0.1, 0.15) is 20.3 Å². The average Bonchev–Trinajstić information content (AvgIpc) is 2.14. The van der Waals surface area contributed by atoms with Gasteiger partial charge in [-0.1, -0.05) is 19.1 Å². The largest absolute Gasteiger partial charge is 0.480 e. The summed E-state index contributed by atoms with van der Waals surface area (Å²) in [7, 11) is 1.69. The Morgan fingerprint density at radius 1 is 1.57 bits per heavy atom. The maximum absolute atomic E-state index is 10.9. The van der Waals surface area contributed by atoms with Gasteiger partial charge in [-0.3, -0.25) is 9.69 Å². The summed E-state index contributed by atoms with van der Waals surface area (Å²) in [6.07, 6.45) is 3.34. The fourth-order valence-electron chi connectivity index (χ4n) is 1.26. The molecule has 0 fully saturated rings. The summed E-state index contributed by atoms with van der Waals surface area (Å²) in [5.41, 5.74) is 0. The molecule has 0 aromatic rings. The fraction of sp³-hybridized carbons (Fsp3) is 0.700. The Kier molecular flexibility index (Phi) is 6.16. The van der Waals surface area contributed by atoms with Crippen LogP contribution in [0.25, 0.3) is 0 Å². The van der Waals surface area contributed by atoms with Gasteiger partial charge in [0, 0.05) is 6.54 Å². The van der Waals surface area contributed by atoms with E-state index in [2.05, 4.69) is 0 Å². The van der Waals surface area contributed by atoms with Crippen molar-refractivity contribution in [1.29, 1.82) is 0 Å². The summed E-state index contributed by atoms with van der Waals surface area (Å²) in [5.74, 6) is -0.980. The molecule has 0 aliphatic rings. The molecule has 0 aromatic carbocycles. The second kappa shape index (κ2) is 6.56. The average molecular weight is 201 g/mol. The number of carbonyl (C=O) groups is 1. The lowest BCUT2D eigenvalue weighted by atomic mass is 10.1. The first-order valence-corrected chi connectivity index (χ1v) is 4.76. The number of aliphatic hydroxyl groups excluding tert-OH is 1. The number of rotatable bonds is 6. The standard InChI is InChI=1S/C10H19NO3/c1-4-6-7-11(3)9(10(13)14)8(12)5-2/h4,6,8-9,12H,5,7H2,1-3H3,(H,13,14)/b6-4+/t8-,9+/m1/s1. The zero-order chi connectivity index (χ0) is 11.1. The number of carboxylic acids is 1. The fourth-order valence-corrected chi connectivity index (χ4v) is 1.26. The van der Waals surface area contributed by atoms with Crippen LogP contribution >= 0.6 is 0 Å². The predicted molar refractivity (Wildman–Crippen MR) is 55.2 cm³/mol. The number of aliphatic carboxylic acids is 1. The van der Waals surface area contributed by atoms with Gasteiger partial charge in [0.1, 0.15) is 6.04 Å². The molecule has 0 saturated heterocycles. The van der Waals surface area contributed by atoms with E-state index in [-0.39, 0.29) is 0 Å². The lowest BCUT2D eigenvalue weighted by molar-refractivity contribution is -0.146. The van der Waals surface area contributed by atoms with Crippen LogP contribution in [0.15, 0.2) is 12.2 Å². The number of nitrogens with zero attached hydrogens (tertiary/aromatic N) is 1. The lowest BCUT2D eigenvalue weighted by Crippen LogP contribution is -2.46. The number of hydrogen-bond donors (Lipinski definition) is 2. The first-order chi connectivity index (χ1) is 6.54. The molecule has 4 heteroatoms. The molecule has 0 aliphatic carbocycles. The van der Waals surface area contributed by atoms with Gasteiger partial charge in [0.25, 0.3) is 0 Å². The van der Waals surface area contributed by atoms with Crippen LogP contribution < -0.4 is 0 Å². The van der Waals surface area contributed by atoms with Gasteiger partial charge in [0.15, 0.2) is 0 Å². The molecule has 2 N–H and O–H groups in total. The molecule has 0 unspecified atom stereocenters. The second-order valence-corrected chi connectivity index (χ2v) is 3.27. The Morgan fingerprint density at radius 2 is 2.14 bits per heavy atom. The normalized spacial score (nSPS) is 16.1. The van der Waals surface area contributed by atoms with E-state index in [9.17, 15) is 9.90 Å². The monoisotopic (exact) mass is 201 g/mol. The van der Waals surface area contributed by atoms with Crippen molar-refractivity contribution in [2.75, 3.05) is 13.6 Å². The molecule has 0 spiro atoms. The number of hydrogen-bond acceptors (Lipinski definition) is 3. The molecule has 0 heterocycles. The van der Waals surface area contributed by atoms with Crippen molar-refractivity contribution < 1.29 is 15.0 Å². The zero-order valence-electron chi connectivity index (χ0n) is 8.97. The molecule has 2 atom stereocenters. The molecule has 4 nitrogen and oxygen atoms in total. The van der Waals surface area contributed by atoms with Crippen LogP contribution in [0.2, 0.25) is 0 Å². The van der Waals surface area contributed by atoms with Gasteiger partial charge in [-0.25, -0.2) is 0 Å². The van der Waals surface area contributed by atoms with Crippen molar-refractivity contribution in [2.24, 2.45) is 0 Å². The van der Waals surface area contributed by atoms with Gasteiger partial charge >= 0.3 is 5.97 Å². The lowest BCUT2D eigenvalue weighted by Gasteiger charge is -2.26. The van der Waals surface area contributed by atoms with E-state index >= 15 is 0 Å². The molecular weight excluding hydrogens is 182 g/mol. The quantitative estimate of drug-likeness (QED) is 0.622. The van der Waals surface area contributed by atoms with E-state index in [0.29, 0.717) is 13.0 Å². The highest BCUT2D eigenvalue weighted by Crippen LogP contribution is 2.06.